The summed E-state index contributed by atoms with van der Waals surface area (Å²) in [6, 6.07) is 9.12. The summed E-state index contributed by atoms with van der Waals surface area (Å²) in [5, 5.41) is 15.7. The molecule has 0 bridgehead atoms. The van der Waals surface area contributed by atoms with Gasteiger partial charge in [-0.25, -0.2) is 0 Å². The summed E-state index contributed by atoms with van der Waals surface area (Å²) >= 11 is 1.14. The standard InChI is InChI=1S/C12H12N2O3S/c1-17-11-4-2-3-10(6-11)13-7-9-5-12(14(15)16)18-8-9/h2-6,8,13H,7H2,1H3. The molecule has 0 spiro atoms. The Morgan fingerprint density at radius 3 is 2.94 bits per heavy atom. The summed E-state index contributed by atoms with van der Waals surface area (Å²) in [5.74, 6) is 0.774. The predicted molar refractivity (Wildman–Crippen MR) is 71.3 cm³/mol. The van der Waals surface area contributed by atoms with Crippen molar-refractivity contribution in [2.75, 3.05) is 12.4 Å². The molecule has 0 saturated heterocycles. The zero-order chi connectivity index (χ0) is 13.0. The molecule has 0 atom stereocenters. The monoisotopic (exact) mass is 264 g/mol. The summed E-state index contributed by atoms with van der Waals surface area (Å²) in [6.07, 6.45) is 0. The zero-order valence-corrected chi connectivity index (χ0v) is 10.6. The highest BCUT2D eigenvalue weighted by molar-refractivity contribution is 7.13. The van der Waals surface area contributed by atoms with Gasteiger partial charge in [0.15, 0.2) is 0 Å². The Balaban J connectivity index is 1.99. The van der Waals surface area contributed by atoms with Gasteiger partial charge in [-0.2, -0.15) is 0 Å². The third kappa shape index (κ3) is 2.98. The van der Waals surface area contributed by atoms with Gasteiger partial charge in [-0.05, 0) is 17.7 Å². The Kier molecular flexibility index (Phi) is 3.78. The van der Waals surface area contributed by atoms with E-state index in [0.717, 1.165) is 28.3 Å². The zero-order valence-electron chi connectivity index (χ0n) is 9.75. The molecule has 0 unspecified atom stereocenters. The minimum absolute atomic E-state index is 0.164. The Morgan fingerprint density at radius 1 is 1.44 bits per heavy atom. The highest BCUT2D eigenvalue weighted by Crippen LogP contribution is 2.24. The highest BCUT2D eigenvalue weighted by atomic mass is 32.1. The second kappa shape index (κ2) is 5.50. The second-order valence-corrected chi connectivity index (χ2v) is 4.53. The average molecular weight is 264 g/mol. The quantitative estimate of drug-likeness (QED) is 0.665. The molecule has 0 aliphatic rings. The number of anilines is 1. The van der Waals surface area contributed by atoms with Crippen molar-refractivity contribution in [3.63, 3.8) is 0 Å². The molecule has 5 nitrogen and oxygen atoms in total. The van der Waals surface area contributed by atoms with Crippen molar-refractivity contribution in [2.24, 2.45) is 0 Å². The molecule has 0 aliphatic heterocycles. The number of hydrogen-bond acceptors (Lipinski definition) is 5. The van der Waals surface area contributed by atoms with Gasteiger partial charge >= 0.3 is 5.00 Å². The Labute approximate surface area is 108 Å². The van der Waals surface area contributed by atoms with Gasteiger partial charge < -0.3 is 10.1 Å². The van der Waals surface area contributed by atoms with E-state index >= 15 is 0 Å². The van der Waals surface area contributed by atoms with Gasteiger partial charge in [-0.1, -0.05) is 17.4 Å². The summed E-state index contributed by atoms with van der Waals surface area (Å²) in [7, 11) is 1.61. The fourth-order valence-corrected chi connectivity index (χ4v) is 2.22. The number of methoxy groups -OCH3 is 1. The van der Waals surface area contributed by atoms with Crippen molar-refractivity contribution >= 4 is 22.0 Å². The molecule has 1 heterocycles. The van der Waals surface area contributed by atoms with Gasteiger partial charge in [-0.3, -0.25) is 10.1 Å². The van der Waals surface area contributed by atoms with Gasteiger partial charge in [0, 0.05) is 29.7 Å². The lowest BCUT2D eigenvalue weighted by Gasteiger charge is -2.06. The van der Waals surface area contributed by atoms with Crippen molar-refractivity contribution in [3.8, 4) is 5.75 Å². The van der Waals surface area contributed by atoms with E-state index in [-0.39, 0.29) is 9.92 Å². The summed E-state index contributed by atoms with van der Waals surface area (Å²) in [4.78, 5) is 10.2. The fourth-order valence-electron chi connectivity index (χ4n) is 1.49. The van der Waals surface area contributed by atoms with Crippen LogP contribution < -0.4 is 10.1 Å². The van der Waals surface area contributed by atoms with Crippen LogP contribution in [0.2, 0.25) is 0 Å². The molecule has 0 radical (unpaired) electrons. The number of nitrogens with zero attached hydrogens (tertiary/aromatic N) is 1. The molecular weight excluding hydrogens is 252 g/mol. The SMILES string of the molecule is COc1cccc(NCc2csc([N+](=O)[O-])c2)c1. The van der Waals surface area contributed by atoms with Crippen LogP contribution in [0, 0.1) is 10.1 Å². The predicted octanol–water partition coefficient (Wildman–Crippen LogP) is 3.28. The number of hydrogen-bond donors (Lipinski definition) is 1. The topological polar surface area (TPSA) is 64.4 Å². The van der Waals surface area contributed by atoms with E-state index < -0.39 is 0 Å². The number of rotatable bonds is 5. The third-order valence-corrected chi connectivity index (χ3v) is 3.32. The first-order valence-corrected chi connectivity index (χ1v) is 6.17. The largest absolute Gasteiger partial charge is 0.497 e. The molecule has 94 valence electrons. The van der Waals surface area contributed by atoms with Gasteiger partial charge in [0.05, 0.1) is 12.0 Å². The molecule has 1 aromatic heterocycles. The molecule has 2 rings (SSSR count). The van der Waals surface area contributed by atoms with Crippen molar-refractivity contribution in [1.82, 2.24) is 0 Å². The van der Waals surface area contributed by atoms with Gasteiger partial charge in [0.1, 0.15) is 5.75 Å². The minimum Gasteiger partial charge on any atom is -0.497 e. The highest BCUT2D eigenvalue weighted by Gasteiger charge is 2.09. The first kappa shape index (κ1) is 12.4. The molecule has 0 amide bonds. The Bertz CT molecular complexity index is 554. The number of ether oxygens (including phenoxy) is 1. The Morgan fingerprint density at radius 2 is 2.28 bits per heavy atom. The van der Waals surface area contributed by atoms with Crippen LogP contribution in [0.1, 0.15) is 5.56 Å². The van der Waals surface area contributed by atoms with Gasteiger partial charge in [0.25, 0.3) is 0 Å². The van der Waals surface area contributed by atoms with E-state index in [1.165, 1.54) is 0 Å². The van der Waals surface area contributed by atoms with Crippen LogP contribution in [0.4, 0.5) is 10.7 Å². The molecule has 0 fully saturated rings. The molecule has 0 saturated carbocycles. The Hall–Kier alpha value is -2.08. The van der Waals surface area contributed by atoms with Crippen LogP contribution in [-0.2, 0) is 6.54 Å². The van der Waals surface area contributed by atoms with E-state index in [9.17, 15) is 10.1 Å². The maximum atomic E-state index is 10.6. The van der Waals surface area contributed by atoms with Crippen LogP contribution in [0.25, 0.3) is 0 Å². The summed E-state index contributed by atoms with van der Waals surface area (Å²) in [6.45, 7) is 0.553. The van der Waals surface area contributed by atoms with Crippen molar-refractivity contribution in [3.05, 3.63) is 51.4 Å². The lowest BCUT2D eigenvalue weighted by molar-refractivity contribution is -0.380. The molecular formula is C12H12N2O3S. The first-order chi connectivity index (χ1) is 8.69. The average Bonchev–Trinajstić information content (AvgIpc) is 2.85. The van der Waals surface area contributed by atoms with E-state index in [4.69, 9.17) is 4.74 Å². The van der Waals surface area contributed by atoms with Crippen molar-refractivity contribution < 1.29 is 9.66 Å². The number of nitrogens with one attached hydrogen (secondary N) is 1. The van der Waals surface area contributed by atoms with Crippen molar-refractivity contribution in [2.45, 2.75) is 6.54 Å². The van der Waals surface area contributed by atoms with Gasteiger partial charge in [0.2, 0.25) is 0 Å². The van der Waals surface area contributed by atoms with Gasteiger partial charge in [-0.15, -0.1) is 0 Å². The minimum atomic E-state index is -0.375. The van der Waals surface area contributed by atoms with Crippen LogP contribution in [-0.4, -0.2) is 12.0 Å². The van der Waals surface area contributed by atoms with Crippen LogP contribution >= 0.6 is 11.3 Å². The maximum Gasteiger partial charge on any atom is 0.324 e. The molecule has 2 aromatic rings. The number of nitro groups is 1. The molecule has 0 aliphatic carbocycles. The maximum absolute atomic E-state index is 10.6. The van der Waals surface area contributed by atoms with E-state index in [2.05, 4.69) is 5.32 Å². The smallest absolute Gasteiger partial charge is 0.324 e. The second-order valence-electron chi connectivity index (χ2n) is 3.64. The summed E-state index contributed by atoms with van der Waals surface area (Å²) in [5.41, 5.74) is 1.82. The fraction of sp³-hybridized carbons (Fsp3) is 0.167. The third-order valence-electron chi connectivity index (χ3n) is 2.39. The first-order valence-electron chi connectivity index (χ1n) is 5.29. The lowest BCUT2D eigenvalue weighted by atomic mass is 10.2. The molecule has 1 N–H and O–H groups in total. The van der Waals surface area contributed by atoms with Crippen LogP contribution in [0.5, 0.6) is 5.75 Å². The van der Waals surface area contributed by atoms with E-state index in [1.54, 1.807) is 18.6 Å². The molecule has 1 aromatic carbocycles. The van der Waals surface area contributed by atoms with Crippen molar-refractivity contribution in [1.29, 1.82) is 0 Å². The van der Waals surface area contributed by atoms with E-state index in [1.807, 2.05) is 24.3 Å². The summed E-state index contributed by atoms with van der Waals surface area (Å²) < 4.78 is 5.12. The van der Waals surface area contributed by atoms with Crippen LogP contribution in [0.15, 0.2) is 35.7 Å². The number of thiophene rings is 1. The molecule has 6 heteroatoms. The van der Waals surface area contributed by atoms with Crippen LogP contribution in [0.3, 0.4) is 0 Å². The normalized spacial score (nSPS) is 10.1. The van der Waals surface area contributed by atoms with E-state index in [0.29, 0.717) is 6.54 Å². The number of benzene rings is 1. The molecule has 18 heavy (non-hydrogen) atoms. The lowest BCUT2D eigenvalue weighted by Crippen LogP contribution is -1.98.